The Balaban J connectivity index is 1.76. The fourth-order valence-electron chi connectivity index (χ4n) is 3.96. The van der Waals surface area contributed by atoms with Crippen molar-refractivity contribution >= 4 is 22.8 Å². The SMILES string of the molecule is CCOC(=O)C=Cc1ccc(Oc2c(-c3ccc(OC)cc3)c(C)cc3cc(OC)ccc23)cc1. The molecule has 0 atom stereocenters. The molecule has 4 aromatic carbocycles. The van der Waals surface area contributed by atoms with Crippen molar-refractivity contribution in [3.63, 3.8) is 0 Å². The van der Waals surface area contributed by atoms with E-state index >= 15 is 0 Å². The number of aryl methyl sites for hydroxylation is 1. The molecule has 0 saturated carbocycles. The lowest BCUT2D eigenvalue weighted by molar-refractivity contribution is -0.137. The molecule has 0 spiro atoms. The van der Waals surface area contributed by atoms with Crippen LogP contribution in [-0.2, 0) is 9.53 Å². The third-order valence-electron chi connectivity index (χ3n) is 5.67. The predicted molar refractivity (Wildman–Crippen MR) is 139 cm³/mol. The van der Waals surface area contributed by atoms with Crippen LogP contribution in [0.15, 0.2) is 78.9 Å². The number of carbonyl (C=O) groups excluding carboxylic acids is 1. The number of hydrogen-bond donors (Lipinski definition) is 0. The van der Waals surface area contributed by atoms with Crippen molar-refractivity contribution in [2.24, 2.45) is 0 Å². The number of carbonyl (C=O) groups is 1. The summed E-state index contributed by atoms with van der Waals surface area (Å²) in [4.78, 5) is 11.6. The fourth-order valence-corrected chi connectivity index (χ4v) is 3.96. The summed E-state index contributed by atoms with van der Waals surface area (Å²) in [6.07, 6.45) is 3.14. The summed E-state index contributed by atoms with van der Waals surface area (Å²) in [7, 11) is 3.32. The van der Waals surface area contributed by atoms with E-state index in [-0.39, 0.29) is 5.97 Å². The summed E-state index contributed by atoms with van der Waals surface area (Å²) in [5.74, 6) is 2.68. The molecular formula is C30H28O5. The highest BCUT2D eigenvalue weighted by molar-refractivity contribution is 5.97. The molecule has 35 heavy (non-hydrogen) atoms. The lowest BCUT2D eigenvalue weighted by atomic mass is 9.94. The first-order valence-corrected chi connectivity index (χ1v) is 11.4. The zero-order chi connectivity index (χ0) is 24.8. The topological polar surface area (TPSA) is 54.0 Å². The third-order valence-corrected chi connectivity index (χ3v) is 5.67. The number of methoxy groups -OCH3 is 2. The molecule has 5 nitrogen and oxygen atoms in total. The highest BCUT2D eigenvalue weighted by atomic mass is 16.5. The van der Waals surface area contributed by atoms with Gasteiger partial charge in [-0.2, -0.15) is 0 Å². The van der Waals surface area contributed by atoms with Gasteiger partial charge < -0.3 is 18.9 Å². The lowest BCUT2D eigenvalue weighted by Gasteiger charge is -2.18. The maximum absolute atomic E-state index is 11.6. The summed E-state index contributed by atoms with van der Waals surface area (Å²) in [5.41, 5.74) is 4.00. The summed E-state index contributed by atoms with van der Waals surface area (Å²) in [6.45, 7) is 4.21. The van der Waals surface area contributed by atoms with Gasteiger partial charge in [0, 0.05) is 17.0 Å². The van der Waals surface area contributed by atoms with Gasteiger partial charge in [0.05, 0.1) is 20.8 Å². The van der Waals surface area contributed by atoms with Crippen LogP contribution in [0.1, 0.15) is 18.1 Å². The van der Waals surface area contributed by atoms with Crippen molar-refractivity contribution < 1.29 is 23.7 Å². The molecule has 4 rings (SSSR count). The first-order chi connectivity index (χ1) is 17.0. The van der Waals surface area contributed by atoms with Crippen LogP contribution < -0.4 is 14.2 Å². The van der Waals surface area contributed by atoms with Crippen LogP contribution in [0.2, 0.25) is 0 Å². The van der Waals surface area contributed by atoms with E-state index in [4.69, 9.17) is 18.9 Å². The van der Waals surface area contributed by atoms with Crippen molar-refractivity contribution in [3.05, 3.63) is 90.0 Å². The second-order valence-corrected chi connectivity index (χ2v) is 7.97. The third kappa shape index (κ3) is 5.46. The minimum absolute atomic E-state index is 0.350. The van der Waals surface area contributed by atoms with E-state index in [0.717, 1.165) is 50.3 Å². The molecule has 0 bridgehead atoms. The Kier molecular flexibility index (Phi) is 7.36. The quantitative estimate of drug-likeness (QED) is 0.202. The van der Waals surface area contributed by atoms with Crippen LogP contribution >= 0.6 is 0 Å². The zero-order valence-corrected chi connectivity index (χ0v) is 20.3. The molecule has 5 heteroatoms. The molecule has 0 amide bonds. The molecule has 0 aliphatic heterocycles. The van der Waals surface area contributed by atoms with E-state index in [1.165, 1.54) is 6.08 Å². The molecule has 4 aromatic rings. The number of ether oxygens (including phenoxy) is 4. The van der Waals surface area contributed by atoms with Gasteiger partial charge in [0.2, 0.25) is 0 Å². The van der Waals surface area contributed by atoms with Crippen molar-refractivity contribution in [3.8, 4) is 34.1 Å². The van der Waals surface area contributed by atoms with Crippen molar-refractivity contribution in [1.82, 2.24) is 0 Å². The average Bonchev–Trinajstić information content (AvgIpc) is 2.88. The molecule has 0 aliphatic rings. The molecule has 0 unspecified atom stereocenters. The van der Waals surface area contributed by atoms with E-state index in [1.54, 1.807) is 27.2 Å². The van der Waals surface area contributed by atoms with Crippen molar-refractivity contribution in [2.45, 2.75) is 13.8 Å². The van der Waals surface area contributed by atoms with Crippen LogP contribution in [0.25, 0.3) is 28.0 Å². The van der Waals surface area contributed by atoms with Crippen molar-refractivity contribution in [1.29, 1.82) is 0 Å². The Morgan fingerprint density at radius 3 is 2.14 bits per heavy atom. The Hall–Kier alpha value is -4.25. The van der Waals surface area contributed by atoms with Crippen LogP contribution in [0.3, 0.4) is 0 Å². The predicted octanol–water partition coefficient (Wildman–Crippen LogP) is 7.20. The lowest BCUT2D eigenvalue weighted by Crippen LogP contribution is -1.98. The second kappa shape index (κ2) is 10.8. The van der Waals surface area contributed by atoms with Gasteiger partial charge in [-0.25, -0.2) is 4.79 Å². The number of esters is 1. The molecule has 0 aliphatic carbocycles. The molecule has 0 radical (unpaired) electrons. The monoisotopic (exact) mass is 468 g/mol. The Labute approximate surface area is 205 Å². The van der Waals surface area contributed by atoms with Gasteiger partial charge in [0.1, 0.15) is 23.0 Å². The van der Waals surface area contributed by atoms with Crippen LogP contribution in [0.4, 0.5) is 0 Å². The Bertz CT molecular complexity index is 1350. The number of fused-ring (bicyclic) bond motifs is 1. The summed E-state index contributed by atoms with van der Waals surface area (Å²) < 4.78 is 22.2. The number of rotatable bonds is 8. The first-order valence-electron chi connectivity index (χ1n) is 11.4. The fraction of sp³-hybridized carbons (Fsp3) is 0.167. The smallest absolute Gasteiger partial charge is 0.330 e. The molecule has 0 saturated heterocycles. The molecule has 0 fully saturated rings. The molecule has 178 valence electrons. The van der Waals surface area contributed by atoms with E-state index < -0.39 is 0 Å². The van der Waals surface area contributed by atoms with Gasteiger partial charge in [-0.05, 0) is 84.5 Å². The van der Waals surface area contributed by atoms with E-state index in [9.17, 15) is 4.79 Å². The van der Waals surface area contributed by atoms with Crippen LogP contribution in [-0.4, -0.2) is 26.8 Å². The van der Waals surface area contributed by atoms with Gasteiger partial charge in [-0.15, -0.1) is 0 Å². The Morgan fingerprint density at radius 1 is 0.829 bits per heavy atom. The van der Waals surface area contributed by atoms with Gasteiger partial charge in [-0.3, -0.25) is 0 Å². The van der Waals surface area contributed by atoms with Gasteiger partial charge in [0.15, 0.2) is 0 Å². The van der Waals surface area contributed by atoms with Gasteiger partial charge in [0.25, 0.3) is 0 Å². The maximum Gasteiger partial charge on any atom is 0.330 e. The summed E-state index contributed by atoms with van der Waals surface area (Å²) in [5, 5.41) is 2.01. The standard InChI is InChI=1S/C30H28O5/c1-5-34-28(31)17-8-21-6-11-25(12-7-21)35-30-27-16-15-26(33-4)19-23(27)18-20(2)29(30)22-9-13-24(32-3)14-10-22/h6-19H,5H2,1-4H3. The summed E-state index contributed by atoms with van der Waals surface area (Å²) in [6, 6.07) is 23.7. The van der Waals surface area contributed by atoms with Gasteiger partial charge >= 0.3 is 5.97 Å². The molecular weight excluding hydrogens is 440 g/mol. The van der Waals surface area contributed by atoms with E-state index in [0.29, 0.717) is 12.4 Å². The van der Waals surface area contributed by atoms with Crippen molar-refractivity contribution in [2.75, 3.05) is 20.8 Å². The average molecular weight is 469 g/mol. The molecule has 0 N–H and O–H groups in total. The normalized spacial score (nSPS) is 11.0. The van der Waals surface area contributed by atoms with Gasteiger partial charge in [-0.1, -0.05) is 30.3 Å². The molecule has 0 heterocycles. The zero-order valence-electron chi connectivity index (χ0n) is 20.3. The Morgan fingerprint density at radius 2 is 1.49 bits per heavy atom. The highest BCUT2D eigenvalue weighted by Crippen LogP contribution is 2.43. The highest BCUT2D eigenvalue weighted by Gasteiger charge is 2.16. The van der Waals surface area contributed by atoms with Crippen LogP contribution in [0.5, 0.6) is 23.0 Å². The minimum atomic E-state index is -0.362. The number of hydrogen-bond acceptors (Lipinski definition) is 5. The first kappa shape index (κ1) is 23.9. The second-order valence-electron chi connectivity index (χ2n) is 7.97. The largest absolute Gasteiger partial charge is 0.497 e. The minimum Gasteiger partial charge on any atom is -0.497 e. The van der Waals surface area contributed by atoms with E-state index in [2.05, 4.69) is 13.0 Å². The maximum atomic E-state index is 11.6. The number of benzene rings is 4. The summed E-state index contributed by atoms with van der Waals surface area (Å²) >= 11 is 0. The molecule has 0 aromatic heterocycles. The van der Waals surface area contributed by atoms with Crippen LogP contribution in [0, 0.1) is 6.92 Å². The van der Waals surface area contributed by atoms with E-state index in [1.807, 2.05) is 66.7 Å².